The first kappa shape index (κ1) is 16.2. The maximum atomic E-state index is 12.4. The van der Waals surface area contributed by atoms with Gasteiger partial charge in [-0.2, -0.15) is 4.37 Å². The molecule has 0 bridgehead atoms. The topological polar surface area (TPSA) is 76.1 Å². The first-order valence-corrected chi connectivity index (χ1v) is 7.83. The Bertz CT molecular complexity index is 655. The molecule has 6 nitrogen and oxygen atoms in total. The Labute approximate surface area is 134 Å². The van der Waals surface area contributed by atoms with E-state index < -0.39 is 0 Å². The third-order valence-electron chi connectivity index (χ3n) is 2.95. The minimum atomic E-state index is -0.157. The lowest BCUT2D eigenvalue weighted by Crippen LogP contribution is -2.24. The molecule has 2 heterocycles. The molecular formula is C15H20N4O2S. The van der Waals surface area contributed by atoms with Gasteiger partial charge in [-0.3, -0.25) is 4.79 Å². The number of amides is 1. The Hall–Kier alpha value is -2.15. The zero-order valence-corrected chi connectivity index (χ0v) is 14.0. The van der Waals surface area contributed by atoms with Gasteiger partial charge in [0.1, 0.15) is 5.00 Å². The summed E-state index contributed by atoms with van der Waals surface area (Å²) in [6.45, 7) is 6.06. The molecule has 0 aliphatic carbocycles. The molecule has 118 valence electrons. The summed E-state index contributed by atoms with van der Waals surface area (Å²) in [6, 6.07) is 3.72. The molecule has 0 spiro atoms. The van der Waals surface area contributed by atoms with Gasteiger partial charge >= 0.3 is 0 Å². The Morgan fingerprint density at radius 1 is 1.45 bits per heavy atom. The van der Waals surface area contributed by atoms with E-state index in [1.807, 2.05) is 32.9 Å². The van der Waals surface area contributed by atoms with Crippen LogP contribution in [0.25, 0.3) is 0 Å². The minimum absolute atomic E-state index is 0.0311. The normalized spacial score (nSPS) is 10.6. The summed E-state index contributed by atoms with van der Waals surface area (Å²) in [5.74, 6) is 0.391. The summed E-state index contributed by atoms with van der Waals surface area (Å²) >= 11 is 1.28. The van der Waals surface area contributed by atoms with Crippen molar-refractivity contribution >= 4 is 22.4 Å². The molecule has 2 aromatic rings. The third kappa shape index (κ3) is 3.73. The predicted molar refractivity (Wildman–Crippen MR) is 87.6 cm³/mol. The molecule has 0 saturated heterocycles. The quantitative estimate of drug-likeness (QED) is 0.855. The zero-order chi connectivity index (χ0) is 16.1. The monoisotopic (exact) mass is 320 g/mol. The number of nitrogens with zero attached hydrogens (tertiary/aromatic N) is 2. The van der Waals surface area contributed by atoms with Crippen LogP contribution in [0.5, 0.6) is 5.88 Å². The number of carbonyl (C=O) groups is 1. The van der Waals surface area contributed by atoms with Gasteiger partial charge in [-0.05, 0) is 38.4 Å². The number of hydrogen-bond acceptors (Lipinski definition) is 6. The number of pyridine rings is 1. The van der Waals surface area contributed by atoms with Crippen LogP contribution in [0.1, 0.15) is 35.5 Å². The average molecular weight is 320 g/mol. The van der Waals surface area contributed by atoms with E-state index in [4.69, 9.17) is 4.74 Å². The molecule has 0 saturated carbocycles. The lowest BCUT2D eigenvalue weighted by Gasteiger charge is -2.13. The van der Waals surface area contributed by atoms with Gasteiger partial charge in [0.05, 0.1) is 17.4 Å². The molecule has 7 heteroatoms. The number of aromatic nitrogens is 2. The van der Waals surface area contributed by atoms with Crippen molar-refractivity contribution in [3.05, 3.63) is 35.2 Å². The van der Waals surface area contributed by atoms with Gasteiger partial charge in [0, 0.05) is 25.4 Å². The largest absolute Gasteiger partial charge is 0.475 e. The third-order valence-corrected chi connectivity index (χ3v) is 3.91. The van der Waals surface area contributed by atoms with Gasteiger partial charge in [-0.1, -0.05) is 6.07 Å². The van der Waals surface area contributed by atoms with Gasteiger partial charge in [0.2, 0.25) is 5.88 Å². The lowest BCUT2D eigenvalue weighted by atomic mass is 10.2. The van der Waals surface area contributed by atoms with Crippen LogP contribution in [-0.4, -0.2) is 28.4 Å². The molecule has 22 heavy (non-hydrogen) atoms. The zero-order valence-electron chi connectivity index (χ0n) is 13.1. The summed E-state index contributed by atoms with van der Waals surface area (Å²) in [5, 5.41) is 6.65. The Morgan fingerprint density at radius 3 is 2.91 bits per heavy atom. The van der Waals surface area contributed by atoms with Crippen molar-refractivity contribution in [3.63, 3.8) is 0 Å². The van der Waals surface area contributed by atoms with Gasteiger partial charge in [0.15, 0.2) is 0 Å². The van der Waals surface area contributed by atoms with Crippen LogP contribution >= 0.6 is 11.5 Å². The van der Waals surface area contributed by atoms with Crippen molar-refractivity contribution in [2.45, 2.75) is 33.4 Å². The van der Waals surface area contributed by atoms with Crippen LogP contribution in [0, 0.1) is 6.92 Å². The second-order valence-corrected chi connectivity index (χ2v) is 5.81. The molecule has 0 aliphatic heterocycles. The molecule has 1 amide bonds. The van der Waals surface area contributed by atoms with Crippen LogP contribution in [0.3, 0.4) is 0 Å². The highest BCUT2D eigenvalue weighted by Crippen LogP contribution is 2.24. The molecule has 2 aromatic heterocycles. The van der Waals surface area contributed by atoms with E-state index in [-0.39, 0.29) is 12.0 Å². The summed E-state index contributed by atoms with van der Waals surface area (Å²) in [5.41, 5.74) is 2.15. The summed E-state index contributed by atoms with van der Waals surface area (Å²) < 4.78 is 9.85. The number of anilines is 1. The van der Waals surface area contributed by atoms with Gasteiger partial charge in [-0.25, -0.2) is 4.98 Å². The lowest BCUT2D eigenvalue weighted by molar-refractivity contribution is 0.0951. The highest BCUT2D eigenvalue weighted by molar-refractivity contribution is 7.10. The first-order valence-electron chi connectivity index (χ1n) is 7.05. The molecular weight excluding hydrogens is 300 g/mol. The van der Waals surface area contributed by atoms with Crippen molar-refractivity contribution in [2.24, 2.45) is 0 Å². The van der Waals surface area contributed by atoms with Crippen molar-refractivity contribution in [1.82, 2.24) is 14.7 Å². The Morgan fingerprint density at radius 2 is 2.23 bits per heavy atom. The van der Waals surface area contributed by atoms with E-state index in [1.165, 1.54) is 11.5 Å². The van der Waals surface area contributed by atoms with E-state index in [1.54, 1.807) is 13.2 Å². The fraction of sp³-hybridized carbons (Fsp3) is 0.400. The van der Waals surface area contributed by atoms with Crippen LogP contribution in [0.15, 0.2) is 18.3 Å². The summed E-state index contributed by atoms with van der Waals surface area (Å²) in [4.78, 5) is 16.6. The number of nitrogens with one attached hydrogen (secondary N) is 2. The second kappa shape index (κ2) is 7.22. The molecule has 0 aromatic carbocycles. The van der Waals surface area contributed by atoms with Crippen molar-refractivity contribution in [3.8, 4) is 5.88 Å². The van der Waals surface area contributed by atoms with E-state index in [0.29, 0.717) is 18.0 Å². The average Bonchev–Trinajstić information content (AvgIpc) is 2.86. The molecule has 0 radical (unpaired) electrons. The smallest absolute Gasteiger partial charge is 0.256 e. The highest BCUT2D eigenvalue weighted by atomic mass is 32.1. The van der Waals surface area contributed by atoms with Crippen molar-refractivity contribution < 1.29 is 9.53 Å². The van der Waals surface area contributed by atoms with Crippen molar-refractivity contribution in [2.75, 3.05) is 12.4 Å². The number of ether oxygens (including phenoxy) is 1. The Kier molecular flexibility index (Phi) is 5.32. The SMILES string of the molecule is CNc1snc(C)c1C(=O)NCc1cccnc1OC(C)C. The second-order valence-electron chi connectivity index (χ2n) is 5.04. The van der Waals surface area contributed by atoms with Gasteiger partial charge < -0.3 is 15.4 Å². The van der Waals surface area contributed by atoms with Crippen LogP contribution < -0.4 is 15.4 Å². The fourth-order valence-corrected chi connectivity index (χ4v) is 2.70. The number of aryl methyl sites for hydroxylation is 1. The van der Waals surface area contributed by atoms with E-state index >= 15 is 0 Å². The molecule has 0 aliphatic rings. The first-order chi connectivity index (χ1) is 10.5. The van der Waals surface area contributed by atoms with Crippen LogP contribution in [0.2, 0.25) is 0 Å². The van der Waals surface area contributed by atoms with E-state index in [2.05, 4.69) is 20.0 Å². The van der Waals surface area contributed by atoms with Crippen LogP contribution in [0.4, 0.5) is 5.00 Å². The summed E-state index contributed by atoms with van der Waals surface area (Å²) in [7, 11) is 1.78. The standard InChI is InChI=1S/C15H20N4O2S/c1-9(2)21-14-11(6-5-7-17-14)8-18-13(20)12-10(3)19-22-15(12)16-4/h5-7,9,16H,8H2,1-4H3,(H,18,20). The Balaban J connectivity index is 2.10. The highest BCUT2D eigenvalue weighted by Gasteiger charge is 2.18. The van der Waals surface area contributed by atoms with Crippen molar-refractivity contribution in [1.29, 1.82) is 0 Å². The number of hydrogen-bond donors (Lipinski definition) is 2. The number of carbonyl (C=O) groups excluding carboxylic acids is 1. The molecule has 2 N–H and O–H groups in total. The molecule has 0 unspecified atom stereocenters. The van der Waals surface area contributed by atoms with E-state index in [9.17, 15) is 4.79 Å². The fourth-order valence-electron chi connectivity index (χ4n) is 1.96. The van der Waals surface area contributed by atoms with Gasteiger partial charge in [0.25, 0.3) is 5.91 Å². The summed E-state index contributed by atoms with van der Waals surface area (Å²) in [6.07, 6.45) is 1.71. The maximum Gasteiger partial charge on any atom is 0.256 e. The molecule has 2 rings (SSSR count). The minimum Gasteiger partial charge on any atom is -0.475 e. The predicted octanol–water partition coefficient (Wildman–Crippen LogP) is 2.61. The van der Waals surface area contributed by atoms with E-state index in [0.717, 1.165) is 16.3 Å². The number of rotatable bonds is 6. The maximum absolute atomic E-state index is 12.4. The molecule has 0 atom stereocenters. The molecule has 0 fully saturated rings. The van der Waals surface area contributed by atoms with Gasteiger partial charge in [-0.15, -0.1) is 0 Å². The van der Waals surface area contributed by atoms with Crippen LogP contribution in [-0.2, 0) is 6.54 Å².